The number of aromatic nitrogens is 3. The number of nitrogens with zero attached hydrogens (tertiary/aromatic N) is 3. The maximum absolute atomic E-state index is 13.6. The Morgan fingerprint density at radius 2 is 1.77 bits per heavy atom. The molecule has 1 saturated heterocycles. The summed E-state index contributed by atoms with van der Waals surface area (Å²) in [6, 6.07) is 2.18. The van der Waals surface area contributed by atoms with E-state index in [0.29, 0.717) is 31.6 Å². The Kier molecular flexibility index (Phi) is 5.10. The lowest BCUT2D eigenvalue weighted by Crippen LogP contribution is -2.44. The minimum atomic E-state index is -4.85. The van der Waals surface area contributed by atoms with Crippen molar-refractivity contribution in [2.45, 2.75) is 43.1 Å². The van der Waals surface area contributed by atoms with Crippen molar-refractivity contribution in [2.24, 2.45) is 0 Å². The van der Waals surface area contributed by atoms with Gasteiger partial charge >= 0.3 is 12.4 Å². The van der Waals surface area contributed by atoms with Crippen molar-refractivity contribution < 1.29 is 36.2 Å². The molecule has 1 fully saturated rings. The lowest BCUT2D eigenvalue weighted by molar-refractivity contribution is -0.177. The van der Waals surface area contributed by atoms with Crippen LogP contribution in [0, 0.1) is 0 Å². The first-order valence-electron chi connectivity index (χ1n) is 9.39. The fourth-order valence-corrected chi connectivity index (χ4v) is 4.10. The highest BCUT2D eigenvalue weighted by Crippen LogP contribution is 2.47. The number of H-pyrrole nitrogens is 1. The average molecular weight is 449 g/mol. The zero-order valence-electron chi connectivity index (χ0n) is 15.8. The van der Waals surface area contributed by atoms with Gasteiger partial charge in [0.2, 0.25) is 0 Å². The molecule has 2 atom stereocenters. The zero-order chi connectivity index (χ0) is 22.6. The van der Waals surface area contributed by atoms with Crippen molar-refractivity contribution in [3.05, 3.63) is 35.3 Å². The van der Waals surface area contributed by atoms with Crippen LogP contribution in [0.2, 0.25) is 0 Å². The molecule has 0 aromatic carbocycles. The van der Waals surface area contributed by atoms with Gasteiger partial charge in [0.15, 0.2) is 5.82 Å². The molecule has 2 aliphatic rings. The van der Waals surface area contributed by atoms with E-state index >= 15 is 0 Å². The summed E-state index contributed by atoms with van der Waals surface area (Å²) in [5.41, 5.74) is -0.598. The predicted octanol–water partition coefficient (Wildman–Crippen LogP) is 3.17. The summed E-state index contributed by atoms with van der Waals surface area (Å²) in [6.07, 6.45) is -9.76. The average Bonchev–Trinajstić information content (AvgIpc) is 3.10. The Bertz CT molecular complexity index is 963. The van der Waals surface area contributed by atoms with Crippen molar-refractivity contribution in [3.8, 4) is 0 Å². The van der Waals surface area contributed by atoms with Crippen molar-refractivity contribution in [2.75, 3.05) is 23.3 Å². The first-order valence-corrected chi connectivity index (χ1v) is 9.39. The monoisotopic (exact) mass is 449 g/mol. The van der Waals surface area contributed by atoms with Crippen molar-refractivity contribution in [1.82, 2.24) is 15.2 Å². The fourth-order valence-electron chi connectivity index (χ4n) is 4.10. The number of aliphatic hydroxyl groups is 1. The van der Waals surface area contributed by atoms with Crippen LogP contribution in [-0.4, -0.2) is 51.6 Å². The Morgan fingerprint density at radius 3 is 2.32 bits per heavy atom. The van der Waals surface area contributed by atoms with Crippen LogP contribution in [0.25, 0.3) is 0 Å². The number of nitrogens with one attached hydrogen (secondary N) is 2. The van der Waals surface area contributed by atoms with Crippen LogP contribution >= 0.6 is 0 Å². The van der Waals surface area contributed by atoms with Crippen LogP contribution in [-0.2, 0) is 11.0 Å². The molecule has 7 nitrogen and oxygen atoms in total. The molecule has 31 heavy (non-hydrogen) atoms. The number of amides is 1. The second-order valence-electron chi connectivity index (χ2n) is 7.51. The maximum Gasteiger partial charge on any atom is 0.433 e. The van der Waals surface area contributed by atoms with Gasteiger partial charge in [0, 0.05) is 30.3 Å². The molecule has 0 aliphatic carbocycles. The highest BCUT2D eigenvalue weighted by molar-refractivity contribution is 5.97. The molecule has 0 bridgehead atoms. The smallest absolute Gasteiger partial charge is 0.382 e. The number of piperidine rings is 1. The van der Waals surface area contributed by atoms with Gasteiger partial charge in [0.1, 0.15) is 17.7 Å². The van der Waals surface area contributed by atoms with Gasteiger partial charge < -0.3 is 15.3 Å². The number of pyridine rings is 1. The predicted molar refractivity (Wildman–Crippen MR) is 95.4 cm³/mol. The normalized spacial score (nSPS) is 22.9. The lowest BCUT2D eigenvalue weighted by Gasteiger charge is -2.35. The second-order valence-corrected chi connectivity index (χ2v) is 7.51. The van der Waals surface area contributed by atoms with E-state index in [9.17, 15) is 36.2 Å². The minimum Gasteiger partial charge on any atom is -0.382 e. The third-order valence-electron chi connectivity index (χ3n) is 5.63. The van der Waals surface area contributed by atoms with E-state index in [1.165, 1.54) is 6.07 Å². The highest BCUT2D eigenvalue weighted by atomic mass is 19.4. The number of hydrogen-bond donors (Lipinski definition) is 3. The third kappa shape index (κ3) is 3.93. The number of anilines is 2. The van der Waals surface area contributed by atoms with E-state index < -0.39 is 36.0 Å². The molecule has 0 spiro atoms. The number of aliphatic hydroxyl groups excluding tert-OH is 1. The standard InChI is InChI=1S/C18H17F6N5O2/c19-17(20,21)10-2-1-9(7-25-10)29-5-3-8(4-6-29)13-11-12(18(22,23)24)14(30)16(31)26-15(11)28-27-13/h1-2,7-8,12,14,30H,3-6H2,(H2,26,27,28,31)/t12-,14?/m1/s1. The van der Waals surface area contributed by atoms with Gasteiger partial charge in [-0.3, -0.25) is 9.89 Å². The van der Waals surface area contributed by atoms with E-state index in [1.54, 1.807) is 4.90 Å². The molecule has 4 rings (SSSR count). The van der Waals surface area contributed by atoms with Crippen molar-refractivity contribution >= 4 is 17.4 Å². The quantitative estimate of drug-likeness (QED) is 0.613. The van der Waals surface area contributed by atoms with Crippen LogP contribution in [0.3, 0.4) is 0 Å². The molecule has 0 radical (unpaired) electrons. The number of carbonyl (C=O) groups excluding carboxylic acids is 1. The van der Waals surface area contributed by atoms with Crippen LogP contribution in [0.4, 0.5) is 37.8 Å². The highest BCUT2D eigenvalue weighted by Gasteiger charge is 2.53. The molecule has 0 saturated carbocycles. The summed E-state index contributed by atoms with van der Waals surface area (Å²) in [4.78, 5) is 16.9. The van der Waals surface area contributed by atoms with E-state index in [-0.39, 0.29) is 23.0 Å². The van der Waals surface area contributed by atoms with Gasteiger partial charge in [-0.2, -0.15) is 31.4 Å². The molecule has 2 aromatic rings. The summed E-state index contributed by atoms with van der Waals surface area (Å²) in [6.45, 7) is 0.744. The topological polar surface area (TPSA) is 94.1 Å². The maximum atomic E-state index is 13.6. The molecule has 3 N–H and O–H groups in total. The van der Waals surface area contributed by atoms with E-state index in [1.807, 2.05) is 0 Å². The SMILES string of the molecule is O=C1Nc2n[nH]c(C3CCN(c4ccc(C(F)(F)F)nc4)CC3)c2[C@@H](C(F)(F)F)C1O. The number of halogens is 6. The van der Waals surface area contributed by atoms with Crippen molar-refractivity contribution in [3.63, 3.8) is 0 Å². The number of hydrogen-bond acceptors (Lipinski definition) is 5. The first-order chi connectivity index (χ1) is 14.5. The number of rotatable bonds is 2. The lowest BCUT2D eigenvalue weighted by atomic mass is 9.83. The van der Waals surface area contributed by atoms with E-state index in [0.717, 1.165) is 12.3 Å². The van der Waals surface area contributed by atoms with Crippen LogP contribution in [0.1, 0.15) is 41.6 Å². The Labute approximate surface area is 171 Å². The molecule has 4 heterocycles. The molecule has 1 amide bonds. The molecule has 168 valence electrons. The van der Waals surface area contributed by atoms with Gasteiger partial charge in [-0.05, 0) is 25.0 Å². The van der Waals surface area contributed by atoms with E-state index in [2.05, 4.69) is 20.5 Å². The summed E-state index contributed by atoms with van der Waals surface area (Å²) >= 11 is 0. The molecule has 1 unspecified atom stereocenters. The summed E-state index contributed by atoms with van der Waals surface area (Å²) < 4.78 is 78.8. The number of aromatic amines is 1. The Morgan fingerprint density at radius 1 is 1.10 bits per heavy atom. The largest absolute Gasteiger partial charge is 0.433 e. The summed E-state index contributed by atoms with van der Waals surface area (Å²) in [5, 5.41) is 18.4. The second kappa shape index (κ2) is 7.39. The number of fused-ring (bicyclic) bond motifs is 1. The summed E-state index contributed by atoms with van der Waals surface area (Å²) in [7, 11) is 0. The van der Waals surface area contributed by atoms with Gasteiger partial charge in [0.25, 0.3) is 5.91 Å². The van der Waals surface area contributed by atoms with Gasteiger partial charge in [-0.15, -0.1) is 0 Å². The zero-order valence-corrected chi connectivity index (χ0v) is 15.8. The van der Waals surface area contributed by atoms with Crippen LogP contribution in [0.15, 0.2) is 18.3 Å². The molecule has 13 heteroatoms. The third-order valence-corrected chi connectivity index (χ3v) is 5.63. The van der Waals surface area contributed by atoms with Gasteiger partial charge in [-0.1, -0.05) is 0 Å². The van der Waals surface area contributed by atoms with Crippen molar-refractivity contribution in [1.29, 1.82) is 0 Å². The minimum absolute atomic E-state index is 0.196. The molecular formula is C18H17F6N5O2. The Balaban J connectivity index is 1.52. The number of carbonyl (C=O) groups is 1. The Hall–Kier alpha value is -2.83. The van der Waals surface area contributed by atoms with Gasteiger partial charge in [-0.25, -0.2) is 4.98 Å². The van der Waals surface area contributed by atoms with Crippen LogP contribution in [0.5, 0.6) is 0 Å². The van der Waals surface area contributed by atoms with E-state index in [4.69, 9.17) is 0 Å². The first kappa shape index (κ1) is 21.4. The molecule has 2 aliphatic heterocycles. The number of alkyl halides is 6. The molecule has 2 aromatic heterocycles. The fraction of sp³-hybridized carbons (Fsp3) is 0.500. The molecular weight excluding hydrogens is 432 g/mol. The van der Waals surface area contributed by atoms with Crippen LogP contribution < -0.4 is 10.2 Å². The van der Waals surface area contributed by atoms with Gasteiger partial charge in [0.05, 0.1) is 11.9 Å². The summed E-state index contributed by atoms with van der Waals surface area (Å²) in [5.74, 6) is -4.16.